The minimum absolute atomic E-state index is 0.0444. The third kappa shape index (κ3) is 7.74. The predicted octanol–water partition coefficient (Wildman–Crippen LogP) is 4.50. The fourth-order valence-electron chi connectivity index (χ4n) is 5.53. The molecule has 1 aromatic heterocycles. The van der Waals surface area contributed by atoms with E-state index in [1.54, 1.807) is 12.3 Å². The van der Waals surface area contributed by atoms with Gasteiger partial charge < -0.3 is 25.2 Å². The number of pyridine rings is 1. The number of ether oxygens (including phenoxy) is 2. The molecule has 1 saturated heterocycles. The highest BCUT2D eigenvalue weighted by Crippen LogP contribution is 2.43. The number of aliphatic hydroxyl groups is 1. The molecule has 3 N–H and O–H groups in total. The second-order valence-electron chi connectivity index (χ2n) is 10.7. The van der Waals surface area contributed by atoms with Crippen molar-refractivity contribution in [2.75, 3.05) is 40.0 Å². The van der Waals surface area contributed by atoms with Crippen molar-refractivity contribution in [3.63, 3.8) is 0 Å². The minimum Gasteiger partial charge on any atom is -0.384 e. The van der Waals surface area contributed by atoms with Crippen molar-refractivity contribution < 1.29 is 28.2 Å². The van der Waals surface area contributed by atoms with Crippen LogP contribution in [-0.4, -0.2) is 61.9 Å². The van der Waals surface area contributed by atoms with Crippen LogP contribution in [0.1, 0.15) is 47.2 Å². The first-order chi connectivity index (χ1) is 19.6. The molecule has 9 heteroatoms. The van der Waals surface area contributed by atoms with E-state index in [0.29, 0.717) is 37.3 Å². The fraction of sp³-hybridized carbons (Fsp3) is 0.438. The Kier molecular flexibility index (Phi) is 10.2. The second kappa shape index (κ2) is 13.6. The van der Waals surface area contributed by atoms with Gasteiger partial charge in [0.15, 0.2) is 0 Å². The van der Waals surface area contributed by atoms with Gasteiger partial charge in [0, 0.05) is 44.8 Å². The summed E-state index contributed by atoms with van der Waals surface area (Å²) in [6, 6.07) is 18.0. The molecule has 220 valence electrons. The Hall–Kier alpha value is -3.24. The summed E-state index contributed by atoms with van der Waals surface area (Å²) < 4.78 is 36.9. The maximum absolute atomic E-state index is 13.6. The van der Waals surface area contributed by atoms with Gasteiger partial charge in [-0.05, 0) is 60.2 Å². The first-order valence-corrected chi connectivity index (χ1v) is 13.9. The zero-order valence-corrected chi connectivity index (χ0v) is 23.9. The lowest BCUT2D eigenvalue weighted by molar-refractivity contribution is -0.119. The number of halogens is 2. The molecule has 2 aromatic carbocycles. The number of nitrogens with one attached hydrogen (secondary N) is 2. The van der Waals surface area contributed by atoms with E-state index in [1.165, 1.54) is 14.0 Å². The highest BCUT2D eigenvalue weighted by molar-refractivity contribution is 5.73. The lowest BCUT2D eigenvalue weighted by Crippen LogP contribution is -2.47. The van der Waals surface area contributed by atoms with Gasteiger partial charge in [-0.25, -0.2) is 8.78 Å². The van der Waals surface area contributed by atoms with Gasteiger partial charge in [-0.2, -0.15) is 0 Å². The number of carbonyl (C=O) groups is 1. The first-order valence-electron chi connectivity index (χ1n) is 13.9. The van der Waals surface area contributed by atoms with Gasteiger partial charge in [0.25, 0.3) is 5.92 Å². The van der Waals surface area contributed by atoms with E-state index < -0.39 is 24.7 Å². The van der Waals surface area contributed by atoms with Crippen LogP contribution in [0.4, 0.5) is 8.78 Å². The number of methoxy groups -OCH3 is 1. The van der Waals surface area contributed by atoms with E-state index in [0.717, 1.165) is 34.2 Å². The Labute approximate surface area is 240 Å². The quantitative estimate of drug-likeness (QED) is 0.299. The number of carbonyl (C=O) groups excluding carboxylic acids is 1. The van der Waals surface area contributed by atoms with Crippen LogP contribution in [0.2, 0.25) is 0 Å². The highest BCUT2D eigenvalue weighted by atomic mass is 19.3. The van der Waals surface area contributed by atoms with Crippen molar-refractivity contribution in [3.8, 4) is 11.1 Å². The molecule has 0 bridgehead atoms. The number of hydrogen-bond acceptors (Lipinski definition) is 6. The number of amides is 1. The second-order valence-corrected chi connectivity index (χ2v) is 10.7. The molecule has 41 heavy (non-hydrogen) atoms. The Morgan fingerprint density at radius 1 is 1.20 bits per heavy atom. The van der Waals surface area contributed by atoms with Crippen molar-refractivity contribution in [1.82, 2.24) is 15.6 Å². The number of aromatic nitrogens is 1. The number of hydrogen-bond donors (Lipinski definition) is 3. The molecule has 0 radical (unpaired) electrons. The van der Waals surface area contributed by atoms with Crippen LogP contribution < -0.4 is 10.6 Å². The molecule has 4 rings (SSSR count). The topological polar surface area (TPSA) is 92.7 Å². The minimum atomic E-state index is -3.06. The van der Waals surface area contributed by atoms with Crippen LogP contribution in [0.15, 0.2) is 60.8 Å². The highest BCUT2D eigenvalue weighted by Gasteiger charge is 2.42. The zero-order valence-electron chi connectivity index (χ0n) is 23.9. The van der Waals surface area contributed by atoms with Gasteiger partial charge in [-0.1, -0.05) is 48.5 Å². The van der Waals surface area contributed by atoms with E-state index >= 15 is 0 Å². The predicted molar refractivity (Wildman–Crippen MR) is 154 cm³/mol. The summed E-state index contributed by atoms with van der Waals surface area (Å²) in [4.78, 5) is 15.7. The van der Waals surface area contributed by atoms with E-state index in [4.69, 9.17) is 4.74 Å². The van der Waals surface area contributed by atoms with Crippen molar-refractivity contribution in [2.45, 2.75) is 50.7 Å². The Morgan fingerprint density at radius 3 is 2.71 bits per heavy atom. The van der Waals surface area contributed by atoms with Crippen LogP contribution in [0, 0.1) is 6.92 Å². The molecule has 7 nitrogen and oxygen atoms in total. The van der Waals surface area contributed by atoms with Crippen LogP contribution in [-0.2, 0) is 32.9 Å². The van der Waals surface area contributed by atoms with Crippen LogP contribution >= 0.6 is 0 Å². The van der Waals surface area contributed by atoms with Crippen molar-refractivity contribution in [3.05, 3.63) is 88.7 Å². The number of nitrogens with zero attached hydrogens (tertiary/aromatic N) is 1. The number of rotatable bonds is 12. The molecule has 1 aliphatic rings. The summed E-state index contributed by atoms with van der Waals surface area (Å²) in [5.41, 5.74) is 5.52. The number of piperidine rings is 1. The zero-order chi connectivity index (χ0) is 29.5. The third-order valence-electron chi connectivity index (χ3n) is 7.59. The Bertz CT molecular complexity index is 1320. The van der Waals surface area contributed by atoms with Gasteiger partial charge in [-0.15, -0.1) is 0 Å². The molecule has 1 aliphatic heterocycles. The van der Waals surface area contributed by atoms with Crippen molar-refractivity contribution in [2.24, 2.45) is 0 Å². The fourth-order valence-corrected chi connectivity index (χ4v) is 5.53. The molecule has 1 amide bonds. The molecule has 0 spiro atoms. The smallest absolute Gasteiger partial charge is 0.293 e. The van der Waals surface area contributed by atoms with E-state index in [-0.39, 0.29) is 18.4 Å². The standard InChI is InChI=1S/C32H39F2N3O4/c1-22-16-25(29-7-5-4-6-24(29)12-14-36-23(2)38)8-11-28(22)30-18-35-15-13-32(30,39)26-9-10-27(37-17-26)19-41-21-31(33,34)20-40-3/h4-11,16-17,30,35,39H,12-15,18-21H2,1-3H3,(H,36,38)/t30-,32+/m1/s1. The van der Waals surface area contributed by atoms with Gasteiger partial charge in [-0.3, -0.25) is 9.78 Å². The molecule has 3 aromatic rings. The summed E-state index contributed by atoms with van der Waals surface area (Å²) >= 11 is 0. The molecule has 2 atom stereocenters. The first kappa shape index (κ1) is 30.7. The van der Waals surface area contributed by atoms with Crippen LogP contribution in [0.25, 0.3) is 11.1 Å². The number of aryl methyl sites for hydroxylation is 1. The monoisotopic (exact) mass is 567 g/mol. The molecule has 0 unspecified atom stereocenters. The van der Waals surface area contributed by atoms with E-state index in [2.05, 4.69) is 57.6 Å². The van der Waals surface area contributed by atoms with Crippen LogP contribution in [0.3, 0.4) is 0 Å². The average molecular weight is 568 g/mol. The van der Waals surface area contributed by atoms with Gasteiger partial charge in [0.1, 0.15) is 18.8 Å². The lowest BCUT2D eigenvalue weighted by Gasteiger charge is -2.41. The molecule has 2 heterocycles. The Balaban J connectivity index is 1.52. The SMILES string of the molecule is COCC(F)(F)COCc1ccc([C@@]2(O)CCNC[C@@H]2c2ccc(-c3ccccc3CCNC(C)=O)cc2C)cn1. The lowest BCUT2D eigenvalue weighted by atomic mass is 9.72. The van der Waals surface area contributed by atoms with E-state index in [1.807, 2.05) is 18.2 Å². The van der Waals surface area contributed by atoms with Gasteiger partial charge in [0.2, 0.25) is 5.91 Å². The summed E-state index contributed by atoms with van der Waals surface area (Å²) in [7, 11) is 1.22. The molecule has 0 aliphatic carbocycles. The Morgan fingerprint density at radius 2 is 2.00 bits per heavy atom. The summed E-state index contributed by atoms with van der Waals surface area (Å²) in [5, 5.41) is 18.3. The summed E-state index contributed by atoms with van der Waals surface area (Å²) in [6.07, 6.45) is 2.86. The van der Waals surface area contributed by atoms with Gasteiger partial charge in [0.05, 0.1) is 12.3 Å². The largest absolute Gasteiger partial charge is 0.384 e. The normalized spacial score (nSPS) is 19.2. The molecule has 1 fully saturated rings. The maximum atomic E-state index is 13.6. The summed E-state index contributed by atoms with van der Waals surface area (Å²) in [5.74, 6) is -3.32. The average Bonchev–Trinajstić information content (AvgIpc) is 2.94. The number of alkyl halides is 2. The van der Waals surface area contributed by atoms with Crippen molar-refractivity contribution in [1.29, 1.82) is 0 Å². The molecular weight excluding hydrogens is 528 g/mol. The van der Waals surface area contributed by atoms with Crippen LogP contribution in [0.5, 0.6) is 0 Å². The molecule has 0 saturated carbocycles. The maximum Gasteiger partial charge on any atom is 0.293 e. The third-order valence-corrected chi connectivity index (χ3v) is 7.59. The summed E-state index contributed by atoms with van der Waals surface area (Å²) in [6.45, 7) is 3.90. The van der Waals surface area contributed by atoms with E-state index in [9.17, 15) is 18.7 Å². The van der Waals surface area contributed by atoms with Gasteiger partial charge >= 0.3 is 0 Å². The number of benzene rings is 2. The van der Waals surface area contributed by atoms with Crippen molar-refractivity contribution >= 4 is 5.91 Å². The molecular formula is C32H39F2N3O4.